The fourth-order valence-corrected chi connectivity index (χ4v) is 4.60. The maximum atomic E-state index is 13.9. The molecule has 168 valence electrons. The minimum absolute atomic E-state index is 0.0331. The van der Waals surface area contributed by atoms with Crippen LogP contribution in [0.3, 0.4) is 0 Å². The van der Waals surface area contributed by atoms with E-state index in [9.17, 15) is 14.9 Å². The molecule has 3 aromatic carbocycles. The van der Waals surface area contributed by atoms with E-state index in [-0.39, 0.29) is 24.2 Å². The Labute approximate surface area is 202 Å². The van der Waals surface area contributed by atoms with Gasteiger partial charge in [-0.1, -0.05) is 60.5 Å². The molecule has 4 rings (SSSR count). The topological polar surface area (TPSA) is 70.4 Å². The van der Waals surface area contributed by atoms with Crippen molar-refractivity contribution in [2.45, 2.75) is 19.3 Å². The average molecular weight is 481 g/mol. The van der Waals surface area contributed by atoms with Crippen LogP contribution in [0.1, 0.15) is 40.7 Å². The number of halogens is 2. The Morgan fingerprint density at radius 1 is 1.21 bits per heavy atom. The summed E-state index contributed by atoms with van der Waals surface area (Å²) in [5, 5.41) is 12.1. The van der Waals surface area contributed by atoms with Crippen LogP contribution in [0.5, 0.6) is 5.75 Å². The molecule has 33 heavy (non-hydrogen) atoms. The highest BCUT2D eigenvalue weighted by Crippen LogP contribution is 2.36. The summed E-state index contributed by atoms with van der Waals surface area (Å²) in [4.78, 5) is 27.2. The van der Waals surface area contributed by atoms with E-state index in [0.717, 1.165) is 22.6 Å². The van der Waals surface area contributed by atoms with E-state index in [1.807, 2.05) is 37.3 Å². The lowest BCUT2D eigenvalue weighted by Gasteiger charge is -2.33. The second-order valence-corrected chi connectivity index (χ2v) is 9.17. The van der Waals surface area contributed by atoms with Gasteiger partial charge < -0.3 is 14.4 Å². The van der Waals surface area contributed by atoms with E-state index in [2.05, 4.69) is 6.07 Å². The second-order valence-electron chi connectivity index (χ2n) is 8.36. The summed E-state index contributed by atoms with van der Waals surface area (Å²) in [6.45, 7) is 3.14. The van der Waals surface area contributed by atoms with E-state index in [4.69, 9.17) is 27.9 Å². The van der Waals surface area contributed by atoms with Gasteiger partial charge >= 0.3 is 0 Å². The molecule has 2 atom stereocenters. The van der Waals surface area contributed by atoms with E-state index in [1.54, 1.807) is 23.1 Å². The summed E-state index contributed by atoms with van der Waals surface area (Å²) in [6, 6.07) is 16.7. The van der Waals surface area contributed by atoms with Crippen LogP contribution in [0.15, 0.2) is 48.5 Å². The van der Waals surface area contributed by atoms with Gasteiger partial charge in [0.25, 0.3) is 5.91 Å². The fraction of sp³-hybridized carbons (Fsp3) is 0.269. The van der Waals surface area contributed by atoms with Crippen molar-refractivity contribution in [3.8, 4) is 11.8 Å². The molecule has 0 aliphatic carbocycles. The average Bonchev–Trinajstić information content (AvgIpc) is 2.81. The maximum absolute atomic E-state index is 13.9. The molecule has 0 bridgehead atoms. The van der Waals surface area contributed by atoms with Gasteiger partial charge in [-0.15, -0.1) is 0 Å². The van der Waals surface area contributed by atoms with Crippen LogP contribution in [-0.4, -0.2) is 36.8 Å². The lowest BCUT2D eigenvalue weighted by atomic mass is 9.93. The number of rotatable bonds is 5. The van der Waals surface area contributed by atoms with Gasteiger partial charge in [-0.05, 0) is 34.5 Å². The molecule has 1 heterocycles. The summed E-state index contributed by atoms with van der Waals surface area (Å²) in [5.74, 6) is -0.117. The third kappa shape index (κ3) is 4.68. The minimum Gasteiger partial charge on any atom is -0.491 e. The molecule has 1 amide bonds. The van der Waals surface area contributed by atoms with Gasteiger partial charge in [0.1, 0.15) is 18.1 Å². The van der Waals surface area contributed by atoms with Crippen molar-refractivity contribution in [1.82, 2.24) is 4.90 Å². The van der Waals surface area contributed by atoms with Crippen LogP contribution in [0.2, 0.25) is 10.0 Å². The standard InChI is InChI=1S/C26H22Cl2N2O3/c1-16-13-30(14-19(8-9-31)17-6-7-22(27)23(28)11-17)26(32)24-21-5-3-2-4-18(21)10-20(12-29)25(24)33-15-16/h2-7,9-11,16,19H,8,13-15H2,1H3/t16-,19-/m1/s1. The predicted octanol–water partition coefficient (Wildman–Crippen LogP) is 5.86. The van der Waals surface area contributed by atoms with Gasteiger partial charge in [-0.3, -0.25) is 4.79 Å². The quantitative estimate of drug-likeness (QED) is 0.428. The largest absolute Gasteiger partial charge is 0.491 e. The van der Waals surface area contributed by atoms with Gasteiger partial charge in [0, 0.05) is 31.3 Å². The van der Waals surface area contributed by atoms with E-state index in [1.165, 1.54) is 0 Å². The maximum Gasteiger partial charge on any atom is 0.258 e. The summed E-state index contributed by atoms with van der Waals surface area (Å²) >= 11 is 12.3. The number of aldehydes is 1. The molecule has 0 spiro atoms. The van der Waals surface area contributed by atoms with Crippen molar-refractivity contribution >= 4 is 46.2 Å². The number of carbonyl (C=O) groups excluding carboxylic acids is 2. The van der Waals surface area contributed by atoms with Crippen LogP contribution in [0.4, 0.5) is 0 Å². The van der Waals surface area contributed by atoms with E-state index < -0.39 is 0 Å². The van der Waals surface area contributed by atoms with Crippen molar-refractivity contribution in [3.63, 3.8) is 0 Å². The van der Waals surface area contributed by atoms with Crippen molar-refractivity contribution in [2.24, 2.45) is 5.92 Å². The first-order valence-electron chi connectivity index (χ1n) is 10.7. The molecule has 0 radical (unpaired) electrons. The van der Waals surface area contributed by atoms with Crippen LogP contribution < -0.4 is 4.74 Å². The van der Waals surface area contributed by atoms with Gasteiger partial charge in [-0.2, -0.15) is 5.26 Å². The molecule has 0 unspecified atom stereocenters. The molecular weight excluding hydrogens is 459 g/mol. The number of hydrogen-bond donors (Lipinski definition) is 0. The van der Waals surface area contributed by atoms with Gasteiger partial charge in [0.15, 0.2) is 0 Å². The van der Waals surface area contributed by atoms with Gasteiger partial charge in [0.2, 0.25) is 0 Å². The Balaban J connectivity index is 1.80. The number of ether oxygens (including phenoxy) is 1. The molecule has 0 saturated heterocycles. The highest BCUT2D eigenvalue weighted by atomic mass is 35.5. The highest BCUT2D eigenvalue weighted by Gasteiger charge is 2.31. The molecule has 1 aliphatic rings. The van der Waals surface area contributed by atoms with Gasteiger partial charge in [0.05, 0.1) is 27.8 Å². The predicted molar refractivity (Wildman–Crippen MR) is 129 cm³/mol. The lowest BCUT2D eigenvalue weighted by molar-refractivity contribution is -0.108. The number of carbonyl (C=O) groups is 2. The normalized spacial score (nSPS) is 16.8. The molecular formula is C26H22Cl2N2O3. The Bertz CT molecular complexity index is 1270. The number of fused-ring (bicyclic) bond motifs is 3. The number of amides is 1. The molecule has 3 aromatic rings. The molecule has 5 nitrogen and oxygen atoms in total. The molecule has 7 heteroatoms. The Hall–Kier alpha value is -3.07. The molecule has 0 saturated carbocycles. The van der Waals surface area contributed by atoms with Gasteiger partial charge in [-0.25, -0.2) is 0 Å². The summed E-state index contributed by atoms with van der Waals surface area (Å²) in [5.41, 5.74) is 1.56. The van der Waals surface area contributed by atoms with E-state index in [0.29, 0.717) is 46.6 Å². The van der Waals surface area contributed by atoms with E-state index >= 15 is 0 Å². The second kappa shape index (κ2) is 9.82. The molecule has 0 aromatic heterocycles. The molecule has 0 fully saturated rings. The monoisotopic (exact) mass is 480 g/mol. The summed E-state index contributed by atoms with van der Waals surface area (Å²) in [6.07, 6.45) is 1.09. The number of nitrogens with zero attached hydrogens (tertiary/aromatic N) is 2. The van der Waals surface area contributed by atoms with Crippen LogP contribution >= 0.6 is 23.2 Å². The highest BCUT2D eigenvalue weighted by molar-refractivity contribution is 6.42. The third-order valence-corrected chi connectivity index (χ3v) is 6.64. The Kier molecular flexibility index (Phi) is 6.88. The fourth-order valence-electron chi connectivity index (χ4n) is 4.29. The van der Waals surface area contributed by atoms with Crippen LogP contribution in [0, 0.1) is 17.2 Å². The Morgan fingerprint density at radius 3 is 2.73 bits per heavy atom. The lowest BCUT2D eigenvalue weighted by Crippen LogP contribution is -2.41. The molecule has 1 aliphatic heterocycles. The zero-order valence-electron chi connectivity index (χ0n) is 18.1. The summed E-state index contributed by atoms with van der Waals surface area (Å²) < 4.78 is 6.00. The smallest absolute Gasteiger partial charge is 0.258 e. The SMILES string of the molecule is C[C@H]1COc2c(C#N)cc3ccccc3c2C(=O)N(C[C@@H](CC=O)c2ccc(Cl)c(Cl)c2)C1. The van der Waals surface area contributed by atoms with Crippen molar-refractivity contribution < 1.29 is 14.3 Å². The van der Waals surface area contributed by atoms with Crippen LogP contribution in [0.25, 0.3) is 10.8 Å². The first-order valence-corrected chi connectivity index (χ1v) is 11.4. The zero-order chi connectivity index (χ0) is 23.5. The third-order valence-electron chi connectivity index (χ3n) is 5.90. The Morgan fingerprint density at radius 2 is 2.00 bits per heavy atom. The summed E-state index contributed by atoms with van der Waals surface area (Å²) in [7, 11) is 0. The minimum atomic E-state index is -0.248. The zero-order valence-corrected chi connectivity index (χ0v) is 19.6. The van der Waals surface area contributed by atoms with Crippen molar-refractivity contribution in [1.29, 1.82) is 5.26 Å². The molecule has 0 N–H and O–H groups in total. The first-order chi connectivity index (χ1) is 15.9. The first kappa shape index (κ1) is 23.1. The van der Waals surface area contributed by atoms with Crippen molar-refractivity contribution in [2.75, 3.05) is 19.7 Å². The number of hydrogen-bond acceptors (Lipinski definition) is 4. The van der Waals surface area contributed by atoms with Crippen molar-refractivity contribution in [3.05, 3.63) is 75.3 Å². The van der Waals surface area contributed by atoms with Crippen LogP contribution in [-0.2, 0) is 4.79 Å². The number of benzene rings is 3. The number of nitriles is 1.